The van der Waals surface area contributed by atoms with Crippen LogP contribution < -0.4 is 5.56 Å². The van der Waals surface area contributed by atoms with E-state index in [1.165, 1.54) is 17.6 Å². The van der Waals surface area contributed by atoms with Gasteiger partial charge in [-0.25, -0.2) is 4.98 Å². The monoisotopic (exact) mass is 317 g/mol. The highest BCUT2D eigenvalue weighted by Crippen LogP contribution is 2.28. The molecule has 0 aliphatic heterocycles. The fourth-order valence-electron chi connectivity index (χ4n) is 2.73. The Labute approximate surface area is 138 Å². The van der Waals surface area contributed by atoms with Crippen molar-refractivity contribution in [3.8, 4) is 17.2 Å². The highest BCUT2D eigenvalue weighted by atomic mass is 16.1. The largest absolute Gasteiger partial charge is 0.319 e. The molecule has 0 bridgehead atoms. The molecule has 0 fully saturated rings. The molecule has 0 saturated heterocycles. The van der Waals surface area contributed by atoms with Gasteiger partial charge in [-0.3, -0.25) is 9.59 Å². The van der Waals surface area contributed by atoms with Crippen molar-refractivity contribution in [1.82, 2.24) is 9.55 Å². The molecule has 0 amide bonds. The predicted octanol–water partition coefficient (Wildman–Crippen LogP) is 2.98. The number of Topliss-reactive ketones (excluding diaryl/α,β-unsaturated/α-hetero) is 1. The van der Waals surface area contributed by atoms with E-state index in [0.29, 0.717) is 27.6 Å². The highest BCUT2D eigenvalue weighted by molar-refractivity contribution is 6.07. The third kappa shape index (κ3) is 2.59. The third-order valence-electron chi connectivity index (χ3n) is 3.98. The second kappa shape index (κ2) is 5.74. The zero-order chi connectivity index (χ0) is 17.4. The summed E-state index contributed by atoms with van der Waals surface area (Å²) in [4.78, 5) is 28.3. The number of rotatable bonds is 2. The zero-order valence-electron chi connectivity index (χ0n) is 13.6. The third-order valence-corrected chi connectivity index (χ3v) is 3.98. The van der Waals surface area contributed by atoms with Gasteiger partial charge in [0.2, 0.25) is 0 Å². The first-order valence-corrected chi connectivity index (χ1v) is 7.44. The molecule has 2 heterocycles. The molecule has 3 aromatic rings. The molecule has 0 unspecified atom stereocenters. The van der Waals surface area contributed by atoms with Crippen LogP contribution in [0.2, 0.25) is 0 Å². The molecule has 0 atom stereocenters. The van der Waals surface area contributed by atoms with Crippen molar-refractivity contribution in [2.45, 2.75) is 13.8 Å². The van der Waals surface area contributed by atoms with Crippen LogP contribution in [0.5, 0.6) is 0 Å². The number of hydrogen-bond donors (Lipinski definition) is 0. The minimum absolute atomic E-state index is 0.0647. The molecule has 0 saturated carbocycles. The molecule has 1 aromatic carbocycles. The molecule has 0 aliphatic carbocycles. The van der Waals surface area contributed by atoms with E-state index >= 15 is 0 Å². The lowest BCUT2D eigenvalue weighted by molar-refractivity contribution is 0.101. The van der Waals surface area contributed by atoms with Crippen LogP contribution in [0.1, 0.15) is 28.5 Å². The van der Waals surface area contributed by atoms with Gasteiger partial charge in [0.1, 0.15) is 11.8 Å². The van der Waals surface area contributed by atoms with Crippen LogP contribution in [0.3, 0.4) is 0 Å². The average molecular weight is 317 g/mol. The van der Waals surface area contributed by atoms with Crippen molar-refractivity contribution in [1.29, 1.82) is 5.26 Å². The van der Waals surface area contributed by atoms with E-state index in [1.807, 2.05) is 19.1 Å². The van der Waals surface area contributed by atoms with Crippen molar-refractivity contribution in [3.05, 3.63) is 63.7 Å². The summed E-state index contributed by atoms with van der Waals surface area (Å²) in [6, 6.07) is 10.7. The van der Waals surface area contributed by atoms with Crippen molar-refractivity contribution < 1.29 is 4.79 Å². The van der Waals surface area contributed by atoms with Crippen LogP contribution in [-0.4, -0.2) is 15.3 Å². The molecule has 5 nitrogen and oxygen atoms in total. The lowest BCUT2D eigenvalue weighted by atomic mass is 9.97. The lowest BCUT2D eigenvalue weighted by Gasteiger charge is -2.10. The molecule has 0 aliphatic rings. The van der Waals surface area contributed by atoms with Gasteiger partial charge in [-0.1, -0.05) is 0 Å². The summed E-state index contributed by atoms with van der Waals surface area (Å²) >= 11 is 0. The maximum Gasteiger partial charge on any atom is 0.250 e. The Morgan fingerprint density at radius 3 is 2.62 bits per heavy atom. The standard InChI is InChI=1S/C19H15N3O2/c1-11-6-14(12(2)23)16-9-15(18(10-20)21-17(16)7-11)13-4-5-22(3)19(24)8-13/h4-9H,1-3H3. The van der Waals surface area contributed by atoms with Gasteiger partial charge in [-0.05, 0) is 49.2 Å². The summed E-state index contributed by atoms with van der Waals surface area (Å²) in [7, 11) is 1.66. The molecular formula is C19H15N3O2. The first-order chi connectivity index (χ1) is 11.4. The Morgan fingerprint density at radius 2 is 2.00 bits per heavy atom. The Morgan fingerprint density at radius 1 is 1.25 bits per heavy atom. The Bertz CT molecular complexity index is 1090. The molecule has 2 aromatic heterocycles. The molecule has 0 spiro atoms. The predicted molar refractivity (Wildman–Crippen MR) is 91.9 cm³/mol. The lowest BCUT2D eigenvalue weighted by Crippen LogP contribution is -2.14. The fraction of sp³-hybridized carbons (Fsp3) is 0.158. The normalized spacial score (nSPS) is 10.6. The first-order valence-electron chi connectivity index (χ1n) is 7.44. The first kappa shape index (κ1) is 15.6. The van der Waals surface area contributed by atoms with Gasteiger partial charge in [-0.2, -0.15) is 5.26 Å². The van der Waals surface area contributed by atoms with E-state index in [0.717, 1.165) is 5.56 Å². The number of hydrogen-bond acceptors (Lipinski definition) is 4. The zero-order valence-corrected chi connectivity index (χ0v) is 13.6. The van der Waals surface area contributed by atoms with E-state index in [1.54, 1.807) is 25.4 Å². The molecule has 0 N–H and O–H groups in total. The van der Waals surface area contributed by atoms with Gasteiger partial charge >= 0.3 is 0 Å². The fourth-order valence-corrected chi connectivity index (χ4v) is 2.73. The highest BCUT2D eigenvalue weighted by Gasteiger charge is 2.14. The molecule has 118 valence electrons. The van der Waals surface area contributed by atoms with Crippen LogP contribution in [0.15, 0.2) is 41.3 Å². The van der Waals surface area contributed by atoms with E-state index in [4.69, 9.17) is 0 Å². The number of carbonyl (C=O) groups excluding carboxylic acids is 1. The van der Waals surface area contributed by atoms with Gasteiger partial charge < -0.3 is 4.57 Å². The summed E-state index contributed by atoms with van der Waals surface area (Å²) in [6.07, 6.45) is 1.64. The van der Waals surface area contributed by atoms with Crippen LogP contribution in [0, 0.1) is 18.3 Å². The Balaban J connectivity index is 2.39. The van der Waals surface area contributed by atoms with Gasteiger partial charge in [0, 0.05) is 35.8 Å². The minimum atomic E-state index is -0.174. The van der Waals surface area contributed by atoms with Crippen molar-refractivity contribution in [2.24, 2.45) is 7.05 Å². The number of fused-ring (bicyclic) bond motifs is 1. The SMILES string of the molecule is CC(=O)c1cc(C)cc2nc(C#N)c(-c3ccn(C)c(=O)c3)cc12. The number of nitrogens with zero attached hydrogens (tertiary/aromatic N) is 3. The van der Waals surface area contributed by atoms with Crippen LogP contribution >= 0.6 is 0 Å². The Hall–Kier alpha value is -3.26. The number of aryl methyl sites for hydroxylation is 2. The molecule has 5 heteroatoms. The minimum Gasteiger partial charge on any atom is -0.319 e. The van der Waals surface area contributed by atoms with E-state index < -0.39 is 0 Å². The smallest absolute Gasteiger partial charge is 0.250 e. The van der Waals surface area contributed by atoms with Crippen LogP contribution in [0.4, 0.5) is 0 Å². The number of ketones is 1. The molecular weight excluding hydrogens is 302 g/mol. The van der Waals surface area contributed by atoms with Crippen molar-refractivity contribution in [2.75, 3.05) is 0 Å². The number of aromatic nitrogens is 2. The summed E-state index contributed by atoms with van der Waals surface area (Å²) < 4.78 is 1.45. The topological polar surface area (TPSA) is 75.8 Å². The van der Waals surface area contributed by atoms with Crippen molar-refractivity contribution in [3.63, 3.8) is 0 Å². The molecule has 3 rings (SSSR count). The summed E-state index contributed by atoms with van der Waals surface area (Å²) in [5, 5.41) is 10.1. The van der Waals surface area contributed by atoms with Crippen LogP contribution in [0.25, 0.3) is 22.0 Å². The second-order valence-corrected chi connectivity index (χ2v) is 5.80. The second-order valence-electron chi connectivity index (χ2n) is 5.80. The van der Waals surface area contributed by atoms with Gasteiger partial charge in [-0.15, -0.1) is 0 Å². The number of pyridine rings is 2. The van der Waals surface area contributed by atoms with E-state index in [2.05, 4.69) is 11.1 Å². The average Bonchev–Trinajstić information content (AvgIpc) is 2.55. The van der Waals surface area contributed by atoms with Crippen LogP contribution in [-0.2, 0) is 7.05 Å². The van der Waals surface area contributed by atoms with E-state index in [-0.39, 0.29) is 17.0 Å². The van der Waals surface area contributed by atoms with E-state index in [9.17, 15) is 14.9 Å². The Kier molecular flexibility index (Phi) is 3.74. The van der Waals surface area contributed by atoms with Gasteiger partial charge in [0.25, 0.3) is 5.56 Å². The maximum absolute atomic E-state index is 12.0. The van der Waals surface area contributed by atoms with Gasteiger partial charge in [0.05, 0.1) is 5.52 Å². The molecule has 24 heavy (non-hydrogen) atoms. The summed E-state index contributed by atoms with van der Waals surface area (Å²) in [6.45, 7) is 3.39. The number of carbonyl (C=O) groups is 1. The number of benzene rings is 1. The quantitative estimate of drug-likeness (QED) is 0.681. The van der Waals surface area contributed by atoms with Crippen molar-refractivity contribution >= 4 is 16.7 Å². The molecule has 0 radical (unpaired) electrons. The van der Waals surface area contributed by atoms with Gasteiger partial charge in [0.15, 0.2) is 5.78 Å². The summed E-state index contributed by atoms with van der Waals surface area (Å²) in [5.41, 5.74) is 3.29. The maximum atomic E-state index is 12.0. The summed E-state index contributed by atoms with van der Waals surface area (Å²) in [5.74, 6) is -0.0647. The number of nitriles is 1.